The second-order valence-electron chi connectivity index (χ2n) is 7.78. The lowest BCUT2D eigenvalue weighted by Crippen LogP contribution is -2.27. The minimum absolute atomic E-state index is 0.189. The van der Waals surface area contributed by atoms with E-state index in [1.54, 1.807) is 36.4 Å². The van der Waals surface area contributed by atoms with Gasteiger partial charge in [0.25, 0.3) is 12.2 Å². The van der Waals surface area contributed by atoms with Crippen LogP contribution in [0.15, 0.2) is 84.2 Å². The first kappa shape index (κ1) is 20.2. The molecule has 0 saturated heterocycles. The number of aromatic amines is 1. The number of hydrogen-bond donors (Lipinski definition) is 1. The molecule has 0 radical (unpaired) electrons. The van der Waals surface area contributed by atoms with Crippen LogP contribution >= 0.6 is 0 Å². The molecule has 2 aliphatic rings. The second-order valence-corrected chi connectivity index (χ2v) is 7.78. The molecule has 2 aromatic carbocycles. The molecule has 0 spiro atoms. The van der Waals surface area contributed by atoms with E-state index < -0.39 is 12.2 Å². The monoisotopic (exact) mass is 434 g/mol. The molecule has 32 heavy (non-hydrogen) atoms. The Morgan fingerprint density at radius 2 is 1.97 bits per heavy atom. The van der Waals surface area contributed by atoms with Crippen LogP contribution in [0.25, 0.3) is 11.0 Å². The zero-order chi connectivity index (χ0) is 22.1. The Kier molecular flexibility index (Phi) is 5.09. The molecule has 1 unspecified atom stereocenters. The molecule has 0 amide bonds. The fourth-order valence-corrected chi connectivity index (χ4v) is 3.82. The lowest BCUT2D eigenvalue weighted by atomic mass is 9.90. The number of imidazole rings is 1. The van der Waals surface area contributed by atoms with Crippen LogP contribution in [0.4, 0.5) is 8.78 Å². The number of allylic oxidation sites excluding steroid dienone is 3. The van der Waals surface area contributed by atoms with Crippen molar-refractivity contribution in [1.29, 1.82) is 0 Å². The van der Waals surface area contributed by atoms with Crippen LogP contribution in [0.1, 0.15) is 35.4 Å². The van der Waals surface area contributed by atoms with Crippen LogP contribution in [0.2, 0.25) is 0 Å². The summed E-state index contributed by atoms with van der Waals surface area (Å²) in [5.41, 5.74) is 3.53. The molecular weight excluding hydrogens is 414 g/mol. The largest absolute Gasteiger partial charge is 0.458 e. The van der Waals surface area contributed by atoms with Gasteiger partial charge in [-0.15, -0.1) is 0 Å². The van der Waals surface area contributed by atoms with Gasteiger partial charge in [-0.25, -0.2) is 13.8 Å². The van der Waals surface area contributed by atoms with Crippen LogP contribution in [-0.2, 0) is 4.74 Å². The lowest BCUT2D eigenvalue weighted by Gasteiger charge is -2.28. The number of alkyl halides is 2. The third kappa shape index (κ3) is 4.06. The van der Waals surface area contributed by atoms with Gasteiger partial charge in [0.2, 0.25) is 5.78 Å². The van der Waals surface area contributed by atoms with E-state index in [2.05, 4.69) is 9.97 Å². The molecule has 5 nitrogen and oxygen atoms in total. The van der Waals surface area contributed by atoms with Gasteiger partial charge < -0.3 is 14.5 Å². The number of ketones is 1. The number of nitrogens with zero attached hydrogens (tertiary/aromatic N) is 1. The lowest BCUT2D eigenvalue weighted by molar-refractivity contribution is -0.0143. The molecule has 3 aromatic rings. The number of rotatable bonds is 5. The van der Waals surface area contributed by atoms with E-state index in [0.717, 1.165) is 22.2 Å². The highest BCUT2D eigenvalue weighted by Crippen LogP contribution is 2.37. The van der Waals surface area contributed by atoms with E-state index >= 15 is 0 Å². The highest BCUT2D eigenvalue weighted by molar-refractivity contribution is 6.08. The standard InChI is InChI=1S/C25H20F2N2O3/c26-25(27)13-11-16(12-14-25)19-4-3-15-31-24(19)32-18-9-7-17(8-10-18)22(30)23-28-20-5-1-2-6-21(20)29-23/h1-11,15,24H,12-14H2,(H,28,29). The van der Waals surface area contributed by atoms with Crippen LogP contribution in [0.3, 0.4) is 0 Å². The molecule has 1 atom stereocenters. The van der Waals surface area contributed by atoms with Gasteiger partial charge in [-0.2, -0.15) is 0 Å². The number of carbonyl (C=O) groups excluding carboxylic acids is 1. The van der Waals surface area contributed by atoms with Crippen molar-refractivity contribution in [2.24, 2.45) is 0 Å². The summed E-state index contributed by atoms with van der Waals surface area (Å²) in [4.78, 5) is 20.2. The Labute approximate surface area is 183 Å². The number of fused-ring (bicyclic) bond motifs is 1. The first-order valence-electron chi connectivity index (χ1n) is 10.3. The normalized spacial score (nSPS) is 19.8. The summed E-state index contributed by atoms with van der Waals surface area (Å²) in [6.45, 7) is 0. The van der Waals surface area contributed by atoms with E-state index in [4.69, 9.17) is 9.47 Å². The van der Waals surface area contributed by atoms with Gasteiger partial charge in [-0.05, 0) is 60.5 Å². The zero-order valence-corrected chi connectivity index (χ0v) is 17.1. The molecule has 0 bridgehead atoms. The molecule has 2 heterocycles. The number of halogens is 2. The van der Waals surface area contributed by atoms with Crippen molar-refractivity contribution >= 4 is 16.8 Å². The van der Waals surface area contributed by atoms with Crippen molar-refractivity contribution in [2.75, 3.05) is 0 Å². The maximum absolute atomic E-state index is 13.5. The number of hydrogen-bond acceptors (Lipinski definition) is 4. The van der Waals surface area contributed by atoms with Crippen molar-refractivity contribution in [3.05, 3.63) is 95.6 Å². The number of aromatic nitrogens is 2. The van der Waals surface area contributed by atoms with Crippen molar-refractivity contribution < 1.29 is 23.0 Å². The molecule has 0 saturated carbocycles. The predicted octanol–water partition coefficient (Wildman–Crippen LogP) is 5.71. The number of para-hydroxylation sites is 2. The summed E-state index contributed by atoms with van der Waals surface area (Å²) in [7, 11) is 0. The Morgan fingerprint density at radius 3 is 2.72 bits per heavy atom. The quantitative estimate of drug-likeness (QED) is 0.522. The maximum Gasteiger partial charge on any atom is 0.267 e. The summed E-state index contributed by atoms with van der Waals surface area (Å²) >= 11 is 0. The van der Waals surface area contributed by atoms with Crippen LogP contribution in [0, 0.1) is 0 Å². The fraction of sp³-hybridized carbons (Fsp3) is 0.200. The summed E-state index contributed by atoms with van der Waals surface area (Å²) in [5, 5.41) is 0. The Morgan fingerprint density at radius 1 is 1.16 bits per heavy atom. The topological polar surface area (TPSA) is 64.2 Å². The Hall–Kier alpha value is -3.74. The molecule has 0 fully saturated rings. The van der Waals surface area contributed by atoms with E-state index in [9.17, 15) is 13.6 Å². The predicted molar refractivity (Wildman–Crippen MR) is 116 cm³/mol. The molecule has 7 heteroatoms. The van der Waals surface area contributed by atoms with Gasteiger partial charge in [0.1, 0.15) is 5.75 Å². The smallest absolute Gasteiger partial charge is 0.267 e. The zero-order valence-electron chi connectivity index (χ0n) is 17.1. The minimum Gasteiger partial charge on any atom is -0.458 e. The fourth-order valence-electron chi connectivity index (χ4n) is 3.82. The molecule has 5 rings (SSSR count). The van der Waals surface area contributed by atoms with Crippen LogP contribution in [0.5, 0.6) is 5.75 Å². The third-order valence-electron chi connectivity index (χ3n) is 5.55. The first-order chi connectivity index (χ1) is 15.5. The molecule has 1 N–H and O–H groups in total. The summed E-state index contributed by atoms with van der Waals surface area (Å²) < 4.78 is 38.6. The van der Waals surface area contributed by atoms with E-state index in [1.165, 1.54) is 6.26 Å². The molecular formula is C25H20F2N2O3. The number of benzene rings is 2. The third-order valence-corrected chi connectivity index (χ3v) is 5.55. The van der Waals surface area contributed by atoms with Gasteiger partial charge in [-0.1, -0.05) is 18.2 Å². The SMILES string of the molecule is O=C(c1ccc(OC2OC=CC=C2C2=CCC(F)(F)CC2)cc1)c1nc2ccccc2[nH]1. The van der Waals surface area contributed by atoms with Crippen molar-refractivity contribution in [2.45, 2.75) is 31.5 Å². The summed E-state index contributed by atoms with van der Waals surface area (Å²) in [6.07, 6.45) is 5.66. The average molecular weight is 434 g/mol. The summed E-state index contributed by atoms with van der Waals surface area (Å²) in [5.74, 6) is -2.11. The molecule has 1 aromatic heterocycles. The molecule has 162 valence electrons. The van der Waals surface area contributed by atoms with Gasteiger partial charge in [0.05, 0.1) is 17.3 Å². The Bertz CT molecular complexity index is 1220. The van der Waals surface area contributed by atoms with Gasteiger partial charge >= 0.3 is 0 Å². The first-order valence-corrected chi connectivity index (χ1v) is 10.3. The van der Waals surface area contributed by atoms with E-state index in [0.29, 0.717) is 11.3 Å². The number of carbonyl (C=O) groups is 1. The highest BCUT2D eigenvalue weighted by Gasteiger charge is 2.33. The maximum atomic E-state index is 13.5. The van der Waals surface area contributed by atoms with E-state index in [-0.39, 0.29) is 30.9 Å². The summed E-state index contributed by atoms with van der Waals surface area (Å²) in [6, 6.07) is 14.1. The Balaban J connectivity index is 1.31. The molecule has 1 aliphatic carbocycles. The van der Waals surface area contributed by atoms with Gasteiger partial charge in [0, 0.05) is 24.0 Å². The number of H-pyrrole nitrogens is 1. The van der Waals surface area contributed by atoms with Crippen molar-refractivity contribution in [3.63, 3.8) is 0 Å². The van der Waals surface area contributed by atoms with Gasteiger partial charge in [-0.3, -0.25) is 4.79 Å². The van der Waals surface area contributed by atoms with Crippen LogP contribution < -0.4 is 4.74 Å². The minimum atomic E-state index is -2.66. The molecule has 1 aliphatic heterocycles. The second kappa shape index (κ2) is 8.07. The van der Waals surface area contributed by atoms with E-state index in [1.807, 2.05) is 30.3 Å². The van der Waals surface area contributed by atoms with Gasteiger partial charge in [0.15, 0.2) is 5.82 Å². The average Bonchev–Trinajstić information content (AvgIpc) is 3.24. The number of nitrogens with one attached hydrogen (secondary N) is 1. The van der Waals surface area contributed by atoms with Crippen LogP contribution in [-0.4, -0.2) is 28.0 Å². The highest BCUT2D eigenvalue weighted by atomic mass is 19.3. The van der Waals surface area contributed by atoms with Crippen molar-refractivity contribution in [3.8, 4) is 5.75 Å². The number of ether oxygens (including phenoxy) is 2. The van der Waals surface area contributed by atoms with Crippen molar-refractivity contribution in [1.82, 2.24) is 9.97 Å².